The Labute approximate surface area is 207 Å². The Balaban J connectivity index is 1.64. The zero-order valence-electron chi connectivity index (χ0n) is 22.8. The maximum atomic E-state index is 14.7. The molecule has 0 saturated heterocycles. The predicted molar refractivity (Wildman–Crippen MR) is 139 cm³/mol. The molecule has 0 amide bonds. The van der Waals surface area contributed by atoms with Crippen LogP contribution in [0.15, 0.2) is 23.0 Å². The van der Waals surface area contributed by atoms with Gasteiger partial charge in [-0.1, -0.05) is 53.2 Å². The van der Waals surface area contributed by atoms with E-state index in [9.17, 15) is 14.3 Å². The van der Waals surface area contributed by atoms with Crippen LogP contribution in [0.3, 0.4) is 0 Å². The van der Waals surface area contributed by atoms with Gasteiger partial charge in [-0.3, -0.25) is 0 Å². The normalized spacial score (nSPS) is 41.8. The van der Waals surface area contributed by atoms with Crippen molar-refractivity contribution < 1.29 is 18.7 Å². The van der Waals surface area contributed by atoms with Crippen molar-refractivity contribution in [2.24, 2.45) is 34.5 Å². The lowest BCUT2D eigenvalue weighted by Gasteiger charge is -2.60. The van der Waals surface area contributed by atoms with Crippen LogP contribution in [-0.2, 0) is 9.22 Å². The third-order valence-corrected chi connectivity index (χ3v) is 15.7. The van der Waals surface area contributed by atoms with Gasteiger partial charge in [-0.05, 0) is 110 Å². The molecular weight excluding hydrogens is 443 g/mol. The molecule has 4 aliphatic rings. The number of hydrogen-bond donors (Lipinski definition) is 1. The van der Waals surface area contributed by atoms with Crippen LogP contribution in [0.4, 0.5) is 4.39 Å². The number of fused-ring (bicyclic) bond motifs is 5. The molecule has 4 rings (SSSR count). The molecule has 192 valence electrons. The Bertz CT molecular complexity index is 900. The van der Waals surface area contributed by atoms with E-state index in [-0.39, 0.29) is 15.9 Å². The molecule has 34 heavy (non-hydrogen) atoms. The van der Waals surface area contributed by atoms with Crippen molar-refractivity contribution in [1.82, 2.24) is 0 Å². The van der Waals surface area contributed by atoms with Gasteiger partial charge in [0.25, 0.3) is 0 Å². The fraction of sp³-hybridized carbons (Fsp3) is 0.828. The highest BCUT2D eigenvalue weighted by Gasteiger charge is 2.60. The smallest absolute Gasteiger partial charge is 0.364 e. The summed E-state index contributed by atoms with van der Waals surface area (Å²) < 4.78 is 21.6. The molecule has 4 aliphatic carbocycles. The van der Waals surface area contributed by atoms with Gasteiger partial charge in [0.2, 0.25) is 5.83 Å². The number of hydrogen-bond acceptors (Lipinski definition) is 2. The largest absolute Gasteiger partial charge is 0.476 e. The predicted octanol–water partition coefficient (Wildman–Crippen LogP) is 8.28. The third kappa shape index (κ3) is 3.97. The van der Waals surface area contributed by atoms with Crippen molar-refractivity contribution in [3.8, 4) is 0 Å². The van der Waals surface area contributed by atoms with Gasteiger partial charge in [0.05, 0.1) is 0 Å². The van der Waals surface area contributed by atoms with Crippen LogP contribution < -0.4 is 0 Å². The summed E-state index contributed by atoms with van der Waals surface area (Å²) in [5, 5.41) is 9.60. The SMILES string of the molecule is CC[C@@H]1C=C2CC(O[Si](C)(C)C(C)(C)C)CC[C@]2(C)[C@H]2CC[C@]3(C)C(=C(F)C(=O)O)CC[C@H]3[C@H]12. The molecule has 0 heterocycles. The Morgan fingerprint density at radius 1 is 1.15 bits per heavy atom. The molecule has 0 aromatic heterocycles. The van der Waals surface area contributed by atoms with Crippen molar-refractivity contribution in [1.29, 1.82) is 0 Å². The molecule has 5 heteroatoms. The molecule has 0 aromatic rings. The highest BCUT2D eigenvalue weighted by atomic mass is 28.4. The summed E-state index contributed by atoms with van der Waals surface area (Å²) >= 11 is 0. The maximum Gasteiger partial charge on any atom is 0.364 e. The van der Waals surface area contributed by atoms with Gasteiger partial charge in [-0.2, -0.15) is 4.39 Å². The zero-order valence-corrected chi connectivity index (χ0v) is 23.8. The Hall–Kier alpha value is -0.943. The van der Waals surface area contributed by atoms with Gasteiger partial charge in [0.15, 0.2) is 8.32 Å². The second-order valence-electron chi connectivity index (χ2n) is 13.8. The lowest BCUT2D eigenvalue weighted by Crippen LogP contribution is -2.53. The molecule has 1 N–H and O–H groups in total. The molecule has 0 bridgehead atoms. The molecule has 0 aliphatic heterocycles. The van der Waals surface area contributed by atoms with E-state index in [4.69, 9.17) is 4.43 Å². The van der Waals surface area contributed by atoms with Crippen molar-refractivity contribution >= 4 is 14.3 Å². The standard InChI is InChI=1S/C29H47FO3Si/c1-9-18-16-19-17-20(33-34(7,8)27(2,3)4)12-14-28(19,5)22-13-15-29(6)21(24(18)22)10-11-23(29)25(30)26(31)32/h16,18,20-22,24H,9-15,17H2,1-8H3,(H,31,32)/t18-,20?,21+,22+,24+,28+,29+/m1/s1. The van der Waals surface area contributed by atoms with Crippen LogP contribution in [0, 0.1) is 34.5 Å². The van der Waals surface area contributed by atoms with Gasteiger partial charge in [-0.25, -0.2) is 4.79 Å². The topological polar surface area (TPSA) is 46.5 Å². The van der Waals surface area contributed by atoms with Crippen LogP contribution in [0.1, 0.15) is 92.9 Å². The van der Waals surface area contributed by atoms with Gasteiger partial charge >= 0.3 is 5.97 Å². The Kier molecular flexibility index (Phi) is 6.59. The van der Waals surface area contributed by atoms with Gasteiger partial charge in [0.1, 0.15) is 0 Å². The van der Waals surface area contributed by atoms with E-state index in [0.717, 1.165) is 38.5 Å². The van der Waals surface area contributed by atoms with Gasteiger partial charge in [0, 0.05) is 6.10 Å². The van der Waals surface area contributed by atoms with E-state index in [1.54, 1.807) is 5.57 Å². The third-order valence-electron chi connectivity index (χ3n) is 11.2. The highest BCUT2D eigenvalue weighted by molar-refractivity contribution is 6.74. The molecule has 1 unspecified atom stereocenters. The van der Waals surface area contributed by atoms with Crippen molar-refractivity contribution in [2.75, 3.05) is 0 Å². The van der Waals surface area contributed by atoms with E-state index in [1.165, 1.54) is 6.42 Å². The number of allylic oxidation sites excluding steroid dienone is 2. The zero-order chi connectivity index (χ0) is 25.3. The molecule has 0 radical (unpaired) electrons. The highest BCUT2D eigenvalue weighted by Crippen LogP contribution is 2.68. The van der Waals surface area contributed by atoms with Crippen LogP contribution in [-0.4, -0.2) is 25.5 Å². The number of rotatable bonds is 4. The molecule has 3 fully saturated rings. The van der Waals surface area contributed by atoms with Crippen LogP contribution in [0.5, 0.6) is 0 Å². The second kappa shape index (κ2) is 8.57. The van der Waals surface area contributed by atoms with Crippen molar-refractivity contribution in [2.45, 2.75) is 117 Å². The first-order valence-electron chi connectivity index (χ1n) is 13.7. The first-order valence-corrected chi connectivity index (χ1v) is 16.6. The quantitative estimate of drug-likeness (QED) is 0.245. The monoisotopic (exact) mass is 490 g/mol. The minimum absolute atomic E-state index is 0.197. The fourth-order valence-electron chi connectivity index (χ4n) is 8.18. The summed E-state index contributed by atoms with van der Waals surface area (Å²) in [6, 6.07) is 0. The van der Waals surface area contributed by atoms with Gasteiger partial charge < -0.3 is 9.53 Å². The molecule has 0 aromatic carbocycles. The maximum absolute atomic E-state index is 14.7. The average molecular weight is 491 g/mol. The first kappa shape index (κ1) is 26.1. The average Bonchev–Trinajstić information content (AvgIpc) is 3.09. The number of carboxylic acid groups (broad SMARTS) is 1. The summed E-state index contributed by atoms with van der Waals surface area (Å²) in [7, 11) is -1.80. The molecule has 3 saturated carbocycles. The molecule has 3 nitrogen and oxygen atoms in total. The number of halogens is 1. The number of carboxylic acids is 1. The van der Waals surface area contributed by atoms with Crippen LogP contribution in [0.25, 0.3) is 0 Å². The summed E-state index contributed by atoms with van der Waals surface area (Å²) in [5.74, 6) is -0.253. The first-order chi connectivity index (χ1) is 15.7. The second-order valence-corrected chi connectivity index (χ2v) is 18.6. The van der Waals surface area contributed by atoms with E-state index in [2.05, 4.69) is 60.7 Å². The molecule has 0 spiro atoms. The van der Waals surface area contributed by atoms with E-state index < -0.39 is 20.1 Å². The van der Waals surface area contributed by atoms with Crippen molar-refractivity contribution in [3.63, 3.8) is 0 Å². The minimum atomic E-state index is -1.80. The summed E-state index contributed by atoms with van der Waals surface area (Å²) in [6.45, 7) is 18.6. The lowest BCUT2D eigenvalue weighted by atomic mass is 9.45. The van der Waals surface area contributed by atoms with E-state index in [1.807, 2.05) is 0 Å². The Morgan fingerprint density at radius 3 is 2.35 bits per heavy atom. The number of carbonyl (C=O) groups is 1. The Morgan fingerprint density at radius 2 is 1.76 bits per heavy atom. The molecule has 7 atom stereocenters. The summed E-state index contributed by atoms with van der Waals surface area (Å²) in [4.78, 5) is 11.5. The number of aliphatic carboxylic acids is 1. The fourth-order valence-corrected chi connectivity index (χ4v) is 9.56. The molecular formula is C29H47FO3Si. The van der Waals surface area contributed by atoms with Crippen LogP contribution >= 0.6 is 0 Å². The summed E-state index contributed by atoms with van der Waals surface area (Å²) in [6.07, 6.45) is 10.9. The van der Waals surface area contributed by atoms with E-state index in [0.29, 0.717) is 41.8 Å². The lowest BCUT2D eigenvalue weighted by molar-refractivity contribution is -0.134. The van der Waals surface area contributed by atoms with Crippen molar-refractivity contribution in [3.05, 3.63) is 23.0 Å². The minimum Gasteiger partial charge on any atom is -0.476 e. The van der Waals surface area contributed by atoms with Crippen LogP contribution in [0.2, 0.25) is 18.1 Å². The summed E-state index contributed by atoms with van der Waals surface area (Å²) in [5.41, 5.74) is 2.10. The van der Waals surface area contributed by atoms with Gasteiger partial charge in [-0.15, -0.1) is 0 Å². The van der Waals surface area contributed by atoms with E-state index >= 15 is 0 Å².